The van der Waals surface area contributed by atoms with Crippen molar-refractivity contribution < 1.29 is 4.74 Å². The molecule has 84 valence electrons. The molecular formula is C11H19N3O. The number of rotatable bonds is 5. The number of ether oxygens (including phenoxy) is 1. The number of hydrogen-bond donors (Lipinski definition) is 1. The first kappa shape index (κ1) is 11.9. The summed E-state index contributed by atoms with van der Waals surface area (Å²) in [4.78, 5) is 8.53. The molecule has 0 aliphatic carbocycles. The Morgan fingerprint density at radius 1 is 1.40 bits per heavy atom. The quantitative estimate of drug-likeness (QED) is 0.800. The fourth-order valence-electron chi connectivity index (χ4n) is 1.31. The Morgan fingerprint density at radius 3 is 2.73 bits per heavy atom. The molecule has 0 aliphatic heterocycles. The summed E-state index contributed by atoms with van der Waals surface area (Å²) < 4.78 is 5.32. The highest BCUT2D eigenvalue weighted by atomic mass is 16.5. The van der Waals surface area contributed by atoms with Crippen molar-refractivity contribution in [2.45, 2.75) is 32.7 Å². The first-order valence-corrected chi connectivity index (χ1v) is 5.31. The van der Waals surface area contributed by atoms with Crippen molar-refractivity contribution in [3.05, 3.63) is 18.1 Å². The van der Waals surface area contributed by atoms with E-state index < -0.39 is 0 Å². The van der Waals surface area contributed by atoms with Crippen LogP contribution in [-0.4, -0.2) is 29.7 Å². The normalized spacial score (nSPS) is 14.7. The molecule has 0 spiro atoms. The van der Waals surface area contributed by atoms with Crippen molar-refractivity contribution in [3.8, 4) is 5.88 Å². The summed E-state index contributed by atoms with van der Waals surface area (Å²) >= 11 is 0. The van der Waals surface area contributed by atoms with Gasteiger partial charge in [0.2, 0.25) is 5.88 Å². The van der Waals surface area contributed by atoms with E-state index in [0.717, 1.165) is 5.69 Å². The average Bonchev–Trinajstić information content (AvgIpc) is 2.28. The SMILES string of the molecule is CCOc1cncc(C(C)C(C)NC)n1. The van der Waals surface area contributed by atoms with E-state index in [2.05, 4.69) is 29.1 Å². The smallest absolute Gasteiger partial charge is 0.232 e. The number of aromatic nitrogens is 2. The molecule has 4 nitrogen and oxygen atoms in total. The van der Waals surface area contributed by atoms with Gasteiger partial charge in [0.05, 0.1) is 18.5 Å². The van der Waals surface area contributed by atoms with Crippen LogP contribution in [0.1, 0.15) is 32.4 Å². The van der Waals surface area contributed by atoms with Gasteiger partial charge in [-0.3, -0.25) is 4.98 Å². The maximum absolute atomic E-state index is 5.32. The molecule has 0 saturated carbocycles. The third-order valence-corrected chi connectivity index (χ3v) is 2.60. The topological polar surface area (TPSA) is 47.0 Å². The van der Waals surface area contributed by atoms with Crippen LogP contribution in [0.3, 0.4) is 0 Å². The second-order valence-electron chi connectivity index (χ2n) is 3.58. The molecule has 0 bridgehead atoms. The van der Waals surface area contributed by atoms with E-state index in [1.807, 2.05) is 14.0 Å². The van der Waals surface area contributed by atoms with Gasteiger partial charge in [-0.15, -0.1) is 0 Å². The molecule has 4 heteroatoms. The molecule has 0 radical (unpaired) electrons. The molecule has 15 heavy (non-hydrogen) atoms. The van der Waals surface area contributed by atoms with Crippen LogP contribution in [0, 0.1) is 0 Å². The Kier molecular flexibility index (Phi) is 4.49. The molecule has 0 aliphatic rings. The van der Waals surface area contributed by atoms with E-state index in [9.17, 15) is 0 Å². The Hall–Kier alpha value is -1.16. The lowest BCUT2D eigenvalue weighted by Crippen LogP contribution is -2.27. The Balaban J connectivity index is 2.80. The summed E-state index contributed by atoms with van der Waals surface area (Å²) in [5.74, 6) is 0.924. The third kappa shape index (κ3) is 3.16. The maximum atomic E-state index is 5.32. The first-order chi connectivity index (χ1) is 7.19. The van der Waals surface area contributed by atoms with Gasteiger partial charge in [-0.05, 0) is 20.9 Å². The van der Waals surface area contributed by atoms with Gasteiger partial charge in [0, 0.05) is 18.2 Å². The fraction of sp³-hybridized carbons (Fsp3) is 0.636. The summed E-state index contributed by atoms with van der Waals surface area (Å²) in [5.41, 5.74) is 0.961. The molecular weight excluding hydrogens is 190 g/mol. The van der Waals surface area contributed by atoms with Gasteiger partial charge in [-0.1, -0.05) is 6.92 Å². The molecule has 0 aromatic carbocycles. The summed E-state index contributed by atoms with van der Waals surface area (Å²) in [6, 6.07) is 0.371. The molecule has 0 amide bonds. The first-order valence-electron chi connectivity index (χ1n) is 5.31. The van der Waals surface area contributed by atoms with Crippen molar-refractivity contribution in [1.29, 1.82) is 0 Å². The van der Waals surface area contributed by atoms with Crippen LogP contribution in [0.25, 0.3) is 0 Å². The van der Waals surface area contributed by atoms with Gasteiger partial charge in [-0.25, -0.2) is 4.98 Å². The molecule has 0 fully saturated rings. The minimum Gasteiger partial charge on any atom is -0.477 e. The Labute approximate surface area is 91.1 Å². The molecule has 1 heterocycles. The van der Waals surface area contributed by atoms with Crippen LogP contribution in [0.4, 0.5) is 0 Å². The second kappa shape index (κ2) is 5.66. The monoisotopic (exact) mass is 209 g/mol. The highest BCUT2D eigenvalue weighted by molar-refractivity contribution is 5.13. The van der Waals surface area contributed by atoms with Gasteiger partial charge in [0.15, 0.2) is 0 Å². The van der Waals surface area contributed by atoms with Gasteiger partial charge < -0.3 is 10.1 Å². The minimum atomic E-state index is 0.322. The van der Waals surface area contributed by atoms with Crippen LogP contribution < -0.4 is 10.1 Å². The zero-order chi connectivity index (χ0) is 11.3. The molecule has 2 atom stereocenters. The molecule has 1 aromatic heterocycles. The predicted octanol–water partition coefficient (Wildman–Crippen LogP) is 1.59. The van der Waals surface area contributed by atoms with Crippen LogP contribution in [0.15, 0.2) is 12.4 Å². The van der Waals surface area contributed by atoms with Crippen molar-refractivity contribution in [2.75, 3.05) is 13.7 Å². The van der Waals surface area contributed by atoms with Crippen molar-refractivity contribution in [3.63, 3.8) is 0 Å². The standard InChI is InChI=1S/C11H19N3O/c1-5-15-11-7-13-6-10(14-11)8(2)9(3)12-4/h6-9,12H,5H2,1-4H3. The van der Waals surface area contributed by atoms with Crippen molar-refractivity contribution >= 4 is 0 Å². The predicted molar refractivity (Wildman–Crippen MR) is 60.1 cm³/mol. The summed E-state index contributed by atoms with van der Waals surface area (Å²) in [6.07, 6.45) is 3.44. The maximum Gasteiger partial charge on any atom is 0.232 e. The van der Waals surface area contributed by atoms with Crippen LogP contribution in [0.2, 0.25) is 0 Å². The van der Waals surface area contributed by atoms with E-state index in [4.69, 9.17) is 4.74 Å². The van der Waals surface area contributed by atoms with Crippen LogP contribution in [-0.2, 0) is 0 Å². The van der Waals surface area contributed by atoms with Gasteiger partial charge >= 0.3 is 0 Å². The van der Waals surface area contributed by atoms with E-state index in [1.165, 1.54) is 0 Å². The number of nitrogens with one attached hydrogen (secondary N) is 1. The minimum absolute atomic E-state index is 0.322. The lowest BCUT2D eigenvalue weighted by atomic mass is 10.0. The largest absolute Gasteiger partial charge is 0.477 e. The van der Waals surface area contributed by atoms with Gasteiger partial charge in [-0.2, -0.15) is 0 Å². The van der Waals surface area contributed by atoms with Crippen molar-refractivity contribution in [2.24, 2.45) is 0 Å². The fourth-order valence-corrected chi connectivity index (χ4v) is 1.31. The lowest BCUT2D eigenvalue weighted by molar-refractivity contribution is 0.322. The van der Waals surface area contributed by atoms with Crippen molar-refractivity contribution in [1.82, 2.24) is 15.3 Å². The molecule has 1 aromatic rings. The van der Waals surface area contributed by atoms with E-state index in [1.54, 1.807) is 12.4 Å². The third-order valence-electron chi connectivity index (χ3n) is 2.60. The number of hydrogen-bond acceptors (Lipinski definition) is 4. The zero-order valence-corrected chi connectivity index (χ0v) is 9.82. The molecule has 1 rings (SSSR count). The highest BCUT2D eigenvalue weighted by Gasteiger charge is 2.14. The number of likely N-dealkylation sites (N-methyl/N-ethyl adjacent to an activating group) is 1. The van der Waals surface area contributed by atoms with Gasteiger partial charge in [0.1, 0.15) is 0 Å². The summed E-state index contributed by atoms with van der Waals surface area (Å²) in [5, 5.41) is 3.21. The molecule has 2 unspecified atom stereocenters. The second-order valence-corrected chi connectivity index (χ2v) is 3.58. The Bertz CT molecular complexity index is 304. The molecule has 1 N–H and O–H groups in total. The van der Waals surface area contributed by atoms with E-state index >= 15 is 0 Å². The Morgan fingerprint density at radius 2 is 2.13 bits per heavy atom. The average molecular weight is 209 g/mol. The van der Waals surface area contributed by atoms with E-state index in [-0.39, 0.29) is 0 Å². The zero-order valence-electron chi connectivity index (χ0n) is 9.82. The van der Waals surface area contributed by atoms with Crippen LogP contribution >= 0.6 is 0 Å². The summed E-state index contributed by atoms with van der Waals surface area (Å²) in [7, 11) is 1.95. The van der Waals surface area contributed by atoms with Gasteiger partial charge in [0.25, 0.3) is 0 Å². The van der Waals surface area contributed by atoms with Crippen LogP contribution in [0.5, 0.6) is 5.88 Å². The molecule has 0 saturated heterocycles. The number of nitrogens with zero attached hydrogens (tertiary/aromatic N) is 2. The lowest BCUT2D eigenvalue weighted by Gasteiger charge is -2.18. The highest BCUT2D eigenvalue weighted by Crippen LogP contribution is 2.17. The van der Waals surface area contributed by atoms with E-state index in [0.29, 0.717) is 24.4 Å². The summed E-state index contributed by atoms with van der Waals surface area (Å²) in [6.45, 7) is 6.81.